The number of rotatable bonds is 6. The molecule has 128 valence electrons. The summed E-state index contributed by atoms with van der Waals surface area (Å²) in [5.74, 6) is 1.37. The number of ether oxygens (including phenoxy) is 2. The molecule has 0 aromatic heterocycles. The van der Waals surface area contributed by atoms with E-state index in [0.717, 1.165) is 22.4 Å². The molecule has 4 nitrogen and oxygen atoms in total. The molecule has 1 N–H and O–H groups in total. The van der Waals surface area contributed by atoms with Crippen LogP contribution < -0.4 is 14.8 Å². The largest absolute Gasteiger partial charge is 0.497 e. The minimum Gasteiger partial charge on any atom is -0.497 e. The maximum Gasteiger partial charge on any atom is 0.261 e. The summed E-state index contributed by atoms with van der Waals surface area (Å²) in [6, 6.07) is 13.5. The van der Waals surface area contributed by atoms with E-state index in [0.29, 0.717) is 5.75 Å². The molecule has 0 aliphatic carbocycles. The molecule has 4 heteroatoms. The Labute approximate surface area is 143 Å². The standard InChI is InChI=1S/C20H25NO3/c1-13-10-14(2)12-19(11-13)24-16(4)20(22)21-15(3)17-6-8-18(23-5)9-7-17/h6-12,15-16H,1-5H3,(H,21,22). The second-order valence-electron chi connectivity index (χ2n) is 6.09. The van der Waals surface area contributed by atoms with E-state index in [9.17, 15) is 4.79 Å². The zero-order valence-electron chi connectivity index (χ0n) is 14.9. The lowest BCUT2D eigenvalue weighted by Gasteiger charge is -2.19. The van der Waals surface area contributed by atoms with E-state index in [-0.39, 0.29) is 11.9 Å². The van der Waals surface area contributed by atoms with Crippen LogP contribution in [0.3, 0.4) is 0 Å². The van der Waals surface area contributed by atoms with Crippen molar-refractivity contribution in [1.29, 1.82) is 0 Å². The van der Waals surface area contributed by atoms with E-state index in [4.69, 9.17) is 9.47 Å². The lowest BCUT2D eigenvalue weighted by atomic mass is 10.1. The van der Waals surface area contributed by atoms with Crippen molar-refractivity contribution >= 4 is 5.91 Å². The Morgan fingerprint density at radius 2 is 1.54 bits per heavy atom. The fourth-order valence-corrected chi connectivity index (χ4v) is 2.57. The van der Waals surface area contributed by atoms with E-state index < -0.39 is 6.10 Å². The van der Waals surface area contributed by atoms with Crippen LogP contribution in [0.5, 0.6) is 11.5 Å². The molecule has 2 rings (SSSR count). The molecule has 0 radical (unpaired) electrons. The Bertz CT molecular complexity index is 674. The van der Waals surface area contributed by atoms with Gasteiger partial charge in [-0.2, -0.15) is 0 Å². The summed E-state index contributed by atoms with van der Waals surface area (Å²) in [7, 11) is 1.63. The monoisotopic (exact) mass is 327 g/mol. The molecule has 0 spiro atoms. The van der Waals surface area contributed by atoms with Crippen LogP contribution in [0, 0.1) is 13.8 Å². The van der Waals surface area contributed by atoms with Crippen molar-refractivity contribution in [3.05, 3.63) is 59.2 Å². The maximum absolute atomic E-state index is 12.4. The van der Waals surface area contributed by atoms with E-state index >= 15 is 0 Å². The second kappa shape index (κ2) is 7.86. The molecule has 0 aliphatic heterocycles. The molecule has 0 saturated carbocycles. The van der Waals surface area contributed by atoms with Crippen molar-refractivity contribution in [2.24, 2.45) is 0 Å². The first-order valence-corrected chi connectivity index (χ1v) is 8.08. The molecule has 0 fully saturated rings. The van der Waals surface area contributed by atoms with Gasteiger partial charge in [0.15, 0.2) is 6.10 Å². The Morgan fingerprint density at radius 3 is 2.08 bits per heavy atom. The number of carbonyl (C=O) groups excluding carboxylic acids is 1. The van der Waals surface area contributed by atoms with Crippen molar-refractivity contribution in [1.82, 2.24) is 5.32 Å². The van der Waals surface area contributed by atoms with Crippen LogP contribution in [0.25, 0.3) is 0 Å². The van der Waals surface area contributed by atoms with Gasteiger partial charge in [0.05, 0.1) is 13.2 Å². The van der Waals surface area contributed by atoms with Crippen molar-refractivity contribution in [2.45, 2.75) is 39.8 Å². The third-order valence-electron chi connectivity index (χ3n) is 3.85. The maximum atomic E-state index is 12.4. The summed E-state index contributed by atoms with van der Waals surface area (Å²) in [4.78, 5) is 12.4. The molecular formula is C20H25NO3. The molecule has 0 heterocycles. The van der Waals surface area contributed by atoms with Gasteiger partial charge in [0.25, 0.3) is 5.91 Å². The number of nitrogens with one attached hydrogen (secondary N) is 1. The molecule has 24 heavy (non-hydrogen) atoms. The van der Waals surface area contributed by atoms with Gasteiger partial charge in [0.2, 0.25) is 0 Å². The van der Waals surface area contributed by atoms with Gasteiger partial charge in [-0.1, -0.05) is 18.2 Å². The molecule has 0 aliphatic rings. The van der Waals surface area contributed by atoms with E-state index in [1.54, 1.807) is 14.0 Å². The van der Waals surface area contributed by atoms with Crippen molar-refractivity contribution < 1.29 is 14.3 Å². The summed E-state index contributed by atoms with van der Waals surface area (Å²) in [6.45, 7) is 7.73. The summed E-state index contributed by atoms with van der Waals surface area (Å²) in [5.41, 5.74) is 3.25. The van der Waals surface area contributed by atoms with Gasteiger partial charge in [-0.25, -0.2) is 0 Å². The van der Waals surface area contributed by atoms with Crippen molar-refractivity contribution in [2.75, 3.05) is 7.11 Å². The molecule has 1 amide bonds. The summed E-state index contributed by atoms with van der Waals surface area (Å²) in [5, 5.41) is 2.98. The van der Waals surface area contributed by atoms with E-state index in [1.165, 1.54) is 0 Å². The van der Waals surface area contributed by atoms with E-state index in [2.05, 4.69) is 11.4 Å². The minimum atomic E-state index is -0.563. The van der Waals surface area contributed by atoms with Crippen LogP contribution in [0.1, 0.15) is 36.6 Å². The Morgan fingerprint density at radius 1 is 0.958 bits per heavy atom. The number of hydrogen-bond acceptors (Lipinski definition) is 3. The topological polar surface area (TPSA) is 47.6 Å². The van der Waals surface area contributed by atoms with Gasteiger partial charge >= 0.3 is 0 Å². The first-order valence-electron chi connectivity index (χ1n) is 8.08. The number of amides is 1. The van der Waals surface area contributed by atoms with Crippen molar-refractivity contribution in [3.8, 4) is 11.5 Å². The lowest BCUT2D eigenvalue weighted by molar-refractivity contribution is -0.127. The van der Waals surface area contributed by atoms with Crippen LogP contribution >= 0.6 is 0 Å². The first kappa shape index (κ1) is 17.9. The highest BCUT2D eigenvalue weighted by molar-refractivity contribution is 5.81. The van der Waals surface area contributed by atoms with Crippen molar-refractivity contribution in [3.63, 3.8) is 0 Å². The third-order valence-corrected chi connectivity index (χ3v) is 3.85. The number of carbonyl (C=O) groups is 1. The summed E-state index contributed by atoms with van der Waals surface area (Å²) in [6.07, 6.45) is -0.563. The highest BCUT2D eigenvalue weighted by atomic mass is 16.5. The quantitative estimate of drug-likeness (QED) is 0.874. The van der Waals surface area contributed by atoms with Gasteiger partial charge in [-0.15, -0.1) is 0 Å². The Kier molecular flexibility index (Phi) is 5.85. The molecule has 2 atom stereocenters. The molecule has 2 aromatic rings. The van der Waals surface area contributed by atoms with Gasteiger partial charge in [0.1, 0.15) is 11.5 Å². The Balaban J connectivity index is 1.97. The fraction of sp³-hybridized carbons (Fsp3) is 0.350. The van der Waals surface area contributed by atoms with Crippen LogP contribution in [-0.2, 0) is 4.79 Å². The normalized spacial score (nSPS) is 13.0. The molecule has 2 unspecified atom stereocenters. The second-order valence-corrected chi connectivity index (χ2v) is 6.09. The van der Waals surface area contributed by atoms with Crippen LogP contribution in [-0.4, -0.2) is 19.1 Å². The van der Waals surface area contributed by atoms with Gasteiger partial charge in [-0.3, -0.25) is 4.79 Å². The van der Waals surface area contributed by atoms with Crippen LogP contribution in [0.15, 0.2) is 42.5 Å². The fourth-order valence-electron chi connectivity index (χ4n) is 2.57. The molecular weight excluding hydrogens is 302 g/mol. The average Bonchev–Trinajstić information content (AvgIpc) is 2.53. The predicted molar refractivity (Wildman–Crippen MR) is 95.6 cm³/mol. The summed E-state index contributed by atoms with van der Waals surface area (Å²) < 4.78 is 10.9. The minimum absolute atomic E-state index is 0.103. The number of aryl methyl sites for hydroxylation is 2. The molecule has 0 saturated heterocycles. The summed E-state index contributed by atoms with van der Waals surface area (Å²) >= 11 is 0. The first-order chi connectivity index (χ1) is 11.4. The number of methoxy groups -OCH3 is 1. The predicted octanol–water partition coefficient (Wildman–Crippen LogP) is 3.96. The van der Waals surface area contributed by atoms with E-state index in [1.807, 2.05) is 57.2 Å². The Hall–Kier alpha value is -2.49. The third kappa shape index (κ3) is 4.75. The smallest absolute Gasteiger partial charge is 0.261 e. The highest BCUT2D eigenvalue weighted by Crippen LogP contribution is 2.19. The number of hydrogen-bond donors (Lipinski definition) is 1. The SMILES string of the molecule is COc1ccc(C(C)NC(=O)C(C)Oc2cc(C)cc(C)c2)cc1. The van der Waals surface area contributed by atoms with Crippen LogP contribution in [0.2, 0.25) is 0 Å². The zero-order valence-corrected chi connectivity index (χ0v) is 14.9. The lowest BCUT2D eigenvalue weighted by Crippen LogP contribution is -2.37. The highest BCUT2D eigenvalue weighted by Gasteiger charge is 2.18. The molecule has 2 aromatic carbocycles. The van der Waals surface area contributed by atoms with Crippen LogP contribution in [0.4, 0.5) is 0 Å². The van der Waals surface area contributed by atoms with Gasteiger partial charge in [0, 0.05) is 0 Å². The number of benzene rings is 2. The zero-order chi connectivity index (χ0) is 17.7. The van der Waals surface area contributed by atoms with Gasteiger partial charge in [-0.05, 0) is 68.7 Å². The molecule has 0 bridgehead atoms. The van der Waals surface area contributed by atoms with Gasteiger partial charge < -0.3 is 14.8 Å². The average molecular weight is 327 g/mol.